The van der Waals surface area contributed by atoms with Crippen molar-refractivity contribution in [1.82, 2.24) is 0 Å². The van der Waals surface area contributed by atoms with Crippen LogP contribution in [0.4, 0.5) is 0 Å². The van der Waals surface area contributed by atoms with Crippen molar-refractivity contribution in [1.29, 1.82) is 0 Å². The maximum Gasteiger partial charge on any atom is 0.403 e. The third-order valence-corrected chi connectivity index (χ3v) is 6.12. The molecule has 0 N–H and O–H groups in total. The van der Waals surface area contributed by atoms with Gasteiger partial charge in [-0.15, -0.1) is 0 Å². The van der Waals surface area contributed by atoms with Crippen LogP contribution in [0.1, 0.15) is 0 Å². The highest BCUT2D eigenvalue weighted by molar-refractivity contribution is 8.97. The zero-order chi connectivity index (χ0) is 9.03. The van der Waals surface area contributed by atoms with Gasteiger partial charge in [-0.05, 0) is 23.4 Å². The summed E-state index contributed by atoms with van der Waals surface area (Å²) in [5.74, 6) is -2.66. The number of benzene rings is 1. The first-order valence-corrected chi connectivity index (χ1v) is 8.02. The van der Waals surface area contributed by atoms with Crippen molar-refractivity contribution in [2.45, 2.75) is 0 Å². The standard InChI is InChI=1S/C6H6ClO2PS2/c7-10(8,12-11)9-6-4-2-1-3-5-6/h1-5,11H. The summed E-state index contributed by atoms with van der Waals surface area (Å²) in [6, 6.07) is 8.74. The van der Waals surface area contributed by atoms with Crippen LogP contribution in [0.15, 0.2) is 30.3 Å². The van der Waals surface area contributed by atoms with Crippen LogP contribution >= 0.6 is 39.2 Å². The molecule has 0 aliphatic carbocycles. The molecule has 1 unspecified atom stereocenters. The second-order valence-corrected chi connectivity index (χ2v) is 8.46. The van der Waals surface area contributed by atoms with Crippen molar-refractivity contribution in [2.75, 3.05) is 0 Å². The third-order valence-electron chi connectivity index (χ3n) is 1.06. The summed E-state index contributed by atoms with van der Waals surface area (Å²) in [7, 11) is 0.715. The summed E-state index contributed by atoms with van der Waals surface area (Å²) in [6.07, 6.45) is 0. The van der Waals surface area contributed by atoms with E-state index in [2.05, 4.69) is 11.7 Å². The van der Waals surface area contributed by atoms with Gasteiger partial charge in [-0.2, -0.15) is 0 Å². The van der Waals surface area contributed by atoms with Crippen LogP contribution in [-0.4, -0.2) is 0 Å². The Labute approximate surface area is 84.4 Å². The Bertz CT molecular complexity index is 293. The molecule has 1 aromatic carbocycles. The predicted molar refractivity (Wildman–Crippen MR) is 57.1 cm³/mol. The topological polar surface area (TPSA) is 26.3 Å². The van der Waals surface area contributed by atoms with Gasteiger partial charge in [0.05, 0.1) is 0 Å². The molecule has 1 atom stereocenters. The van der Waals surface area contributed by atoms with Crippen molar-refractivity contribution in [3.8, 4) is 5.75 Å². The van der Waals surface area contributed by atoms with Gasteiger partial charge in [0.25, 0.3) is 0 Å². The molecule has 0 spiro atoms. The maximum atomic E-state index is 11.2. The highest BCUT2D eigenvalue weighted by atomic mass is 35.7. The van der Waals surface area contributed by atoms with Gasteiger partial charge in [0.2, 0.25) is 0 Å². The van der Waals surface area contributed by atoms with Crippen molar-refractivity contribution >= 4 is 39.2 Å². The summed E-state index contributed by atoms with van der Waals surface area (Å²) >= 11 is 9.20. The van der Waals surface area contributed by atoms with Crippen LogP contribution in [0.25, 0.3) is 0 Å². The fourth-order valence-corrected chi connectivity index (χ4v) is 1.93. The van der Waals surface area contributed by atoms with Crippen molar-refractivity contribution in [3.63, 3.8) is 0 Å². The number of halogens is 1. The molecular weight excluding hydrogens is 235 g/mol. The number of hydrogen-bond acceptors (Lipinski definition) is 4. The number of hydrogen-bond donors (Lipinski definition) is 1. The van der Waals surface area contributed by atoms with E-state index < -0.39 is 5.92 Å². The predicted octanol–water partition coefficient (Wildman–Crippen LogP) is 3.99. The van der Waals surface area contributed by atoms with Gasteiger partial charge in [0, 0.05) is 10.4 Å². The normalized spacial score (nSPS) is 15.2. The lowest BCUT2D eigenvalue weighted by molar-refractivity contribution is 0.514. The molecule has 0 bridgehead atoms. The Hall–Kier alpha value is 0.240. The molecule has 66 valence electrons. The van der Waals surface area contributed by atoms with Crippen LogP contribution < -0.4 is 4.52 Å². The lowest BCUT2D eigenvalue weighted by Crippen LogP contribution is -1.80. The zero-order valence-electron chi connectivity index (χ0n) is 5.88. The minimum Gasteiger partial charge on any atom is -0.425 e. The van der Waals surface area contributed by atoms with Crippen LogP contribution in [0.3, 0.4) is 0 Å². The molecule has 0 radical (unpaired) electrons. The summed E-state index contributed by atoms with van der Waals surface area (Å²) in [6.45, 7) is 0. The van der Waals surface area contributed by atoms with Gasteiger partial charge in [-0.3, -0.25) is 0 Å². The molecule has 0 amide bonds. The van der Waals surface area contributed by atoms with Gasteiger partial charge in [-0.1, -0.05) is 29.9 Å². The summed E-state index contributed by atoms with van der Waals surface area (Å²) in [4.78, 5) is 0. The molecule has 0 heterocycles. The Morgan fingerprint density at radius 3 is 2.50 bits per heavy atom. The van der Waals surface area contributed by atoms with E-state index in [1.165, 1.54) is 0 Å². The maximum absolute atomic E-state index is 11.2. The molecule has 0 aliphatic rings. The van der Waals surface area contributed by atoms with Crippen molar-refractivity contribution < 1.29 is 9.09 Å². The molecule has 2 nitrogen and oxygen atoms in total. The van der Waals surface area contributed by atoms with Gasteiger partial charge >= 0.3 is 5.92 Å². The molecule has 6 heteroatoms. The average molecular weight is 241 g/mol. The minimum absolute atomic E-state index is 0.484. The quantitative estimate of drug-likeness (QED) is 0.492. The highest BCUT2D eigenvalue weighted by Gasteiger charge is 2.19. The molecule has 0 aliphatic heterocycles. The second kappa shape index (κ2) is 4.47. The van der Waals surface area contributed by atoms with E-state index in [4.69, 9.17) is 15.8 Å². The lowest BCUT2D eigenvalue weighted by Gasteiger charge is -2.07. The average Bonchev–Trinajstić information content (AvgIpc) is 2.06. The third kappa shape index (κ3) is 3.31. The van der Waals surface area contributed by atoms with E-state index in [1.54, 1.807) is 24.3 Å². The first-order chi connectivity index (χ1) is 5.64. The van der Waals surface area contributed by atoms with Crippen molar-refractivity contribution in [2.24, 2.45) is 0 Å². The van der Waals surface area contributed by atoms with Crippen LogP contribution in [0.2, 0.25) is 0 Å². The molecule has 0 saturated heterocycles. The van der Waals surface area contributed by atoms with E-state index in [1.807, 2.05) is 6.07 Å². The van der Waals surface area contributed by atoms with Gasteiger partial charge in [0.1, 0.15) is 5.75 Å². The van der Waals surface area contributed by atoms with Gasteiger partial charge in [-0.25, -0.2) is 4.57 Å². The molecule has 12 heavy (non-hydrogen) atoms. The van der Waals surface area contributed by atoms with E-state index in [0.29, 0.717) is 16.2 Å². The SMILES string of the molecule is O=P(Cl)(Oc1ccccc1)SS. The van der Waals surface area contributed by atoms with Crippen LogP contribution in [0, 0.1) is 0 Å². The Balaban J connectivity index is 2.71. The number of rotatable bonds is 3. The van der Waals surface area contributed by atoms with E-state index in [9.17, 15) is 4.57 Å². The number of thiol groups is 1. The summed E-state index contributed by atoms with van der Waals surface area (Å²) in [5, 5.41) is 0. The fourth-order valence-electron chi connectivity index (χ4n) is 0.624. The van der Waals surface area contributed by atoms with Crippen LogP contribution in [-0.2, 0) is 4.57 Å². The first-order valence-electron chi connectivity index (χ1n) is 3.01. The Morgan fingerprint density at radius 1 is 1.42 bits per heavy atom. The van der Waals surface area contributed by atoms with E-state index in [0.717, 1.165) is 0 Å². The molecule has 1 aromatic rings. The smallest absolute Gasteiger partial charge is 0.403 e. The highest BCUT2D eigenvalue weighted by Crippen LogP contribution is 2.65. The molecule has 0 aromatic heterocycles. The molecular formula is C6H6ClO2PS2. The molecule has 0 fully saturated rings. The Kier molecular flexibility index (Phi) is 3.84. The zero-order valence-corrected chi connectivity index (χ0v) is 9.25. The molecule has 0 saturated carbocycles. The second-order valence-electron chi connectivity index (χ2n) is 1.92. The largest absolute Gasteiger partial charge is 0.425 e. The van der Waals surface area contributed by atoms with Gasteiger partial charge < -0.3 is 4.52 Å². The van der Waals surface area contributed by atoms with E-state index >= 15 is 0 Å². The Morgan fingerprint density at radius 2 is 2.00 bits per heavy atom. The van der Waals surface area contributed by atoms with E-state index in [-0.39, 0.29) is 0 Å². The van der Waals surface area contributed by atoms with Gasteiger partial charge in [0.15, 0.2) is 0 Å². The van der Waals surface area contributed by atoms with Crippen LogP contribution in [0.5, 0.6) is 5.75 Å². The summed E-state index contributed by atoms with van der Waals surface area (Å²) < 4.78 is 16.1. The minimum atomic E-state index is -3.14. The fraction of sp³-hybridized carbons (Fsp3) is 0. The number of para-hydroxylation sites is 1. The monoisotopic (exact) mass is 240 g/mol. The molecule has 1 rings (SSSR count). The first kappa shape index (κ1) is 10.3. The van der Waals surface area contributed by atoms with Crippen molar-refractivity contribution in [3.05, 3.63) is 30.3 Å². The summed E-state index contributed by atoms with van der Waals surface area (Å²) in [5.41, 5.74) is 0. The lowest BCUT2D eigenvalue weighted by atomic mass is 10.3.